The number of carbonyl (C=O) groups is 1. The Morgan fingerprint density at radius 2 is 1.56 bits per heavy atom. The molecule has 0 unspecified atom stereocenters. The normalized spacial score (nSPS) is 15.9. The van der Waals surface area contributed by atoms with Crippen LogP contribution in [0.1, 0.15) is 21.6 Å². The standard InChI is InChI=1S/C19H24N4O2/c1-25-17-5-2-15(3-6-17)13-22-8-10-23(11-9-22)14-16-4-7-18(19(20)24)21-12-16/h2-7,12H,8-11,13-14H2,1H3,(H2,20,24). The molecular formula is C19H24N4O2. The molecule has 2 heterocycles. The van der Waals surface area contributed by atoms with Crippen LogP contribution in [0.4, 0.5) is 0 Å². The van der Waals surface area contributed by atoms with Gasteiger partial charge in [0.15, 0.2) is 0 Å². The van der Waals surface area contributed by atoms with Crippen LogP contribution >= 0.6 is 0 Å². The summed E-state index contributed by atoms with van der Waals surface area (Å²) in [5.74, 6) is 0.406. The first kappa shape index (κ1) is 17.4. The average Bonchev–Trinajstić information content (AvgIpc) is 2.64. The zero-order valence-corrected chi connectivity index (χ0v) is 14.5. The summed E-state index contributed by atoms with van der Waals surface area (Å²) >= 11 is 0. The minimum absolute atomic E-state index is 0.313. The van der Waals surface area contributed by atoms with Gasteiger partial charge in [-0.3, -0.25) is 19.6 Å². The number of piperazine rings is 1. The highest BCUT2D eigenvalue weighted by atomic mass is 16.5. The van der Waals surface area contributed by atoms with Crippen LogP contribution in [0.15, 0.2) is 42.6 Å². The number of nitrogens with zero attached hydrogens (tertiary/aromatic N) is 3. The molecule has 6 nitrogen and oxygen atoms in total. The molecule has 1 aromatic carbocycles. The number of aromatic nitrogens is 1. The van der Waals surface area contributed by atoms with E-state index in [9.17, 15) is 4.79 Å². The van der Waals surface area contributed by atoms with Crippen LogP contribution < -0.4 is 10.5 Å². The van der Waals surface area contributed by atoms with Gasteiger partial charge >= 0.3 is 0 Å². The second-order valence-electron chi connectivity index (χ2n) is 6.32. The van der Waals surface area contributed by atoms with Crippen molar-refractivity contribution in [2.45, 2.75) is 13.1 Å². The molecule has 132 valence electrons. The van der Waals surface area contributed by atoms with Crippen LogP contribution in [0.3, 0.4) is 0 Å². The molecule has 1 fully saturated rings. The van der Waals surface area contributed by atoms with Crippen LogP contribution in [-0.4, -0.2) is 54.0 Å². The van der Waals surface area contributed by atoms with E-state index in [4.69, 9.17) is 10.5 Å². The summed E-state index contributed by atoms with van der Waals surface area (Å²) in [6.45, 7) is 5.94. The number of hydrogen-bond acceptors (Lipinski definition) is 5. The molecule has 6 heteroatoms. The van der Waals surface area contributed by atoms with Crippen molar-refractivity contribution in [2.24, 2.45) is 5.73 Å². The number of amides is 1. The van der Waals surface area contributed by atoms with Gasteiger partial charge in [-0.15, -0.1) is 0 Å². The topological polar surface area (TPSA) is 71.7 Å². The maximum atomic E-state index is 11.1. The first-order valence-corrected chi connectivity index (χ1v) is 8.46. The number of benzene rings is 1. The van der Waals surface area contributed by atoms with E-state index in [-0.39, 0.29) is 0 Å². The molecule has 0 spiro atoms. The van der Waals surface area contributed by atoms with E-state index in [2.05, 4.69) is 26.9 Å². The highest BCUT2D eigenvalue weighted by Crippen LogP contribution is 2.15. The van der Waals surface area contributed by atoms with E-state index < -0.39 is 5.91 Å². The lowest BCUT2D eigenvalue weighted by Crippen LogP contribution is -2.45. The van der Waals surface area contributed by atoms with Gasteiger partial charge in [0.05, 0.1) is 7.11 Å². The van der Waals surface area contributed by atoms with Crippen molar-refractivity contribution < 1.29 is 9.53 Å². The molecule has 0 bridgehead atoms. The van der Waals surface area contributed by atoms with Crippen molar-refractivity contribution in [2.75, 3.05) is 33.3 Å². The summed E-state index contributed by atoms with van der Waals surface area (Å²) in [5.41, 5.74) is 7.94. The molecule has 25 heavy (non-hydrogen) atoms. The van der Waals surface area contributed by atoms with Crippen LogP contribution in [0, 0.1) is 0 Å². The molecule has 0 atom stereocenters. The highest BCUT2D eigenvalue weighted by molar-refractivity contribution is 5.90. The van der Waals surface area contributed by atoms with Crippen LogP contribution in [-0.2, 0) is 13.1 Å². The summed E-state index contributed by atoms with van der Waals surface area (Å²) in [6.07, 6.45) is 1.74. The number of primary amides is 1. The van der Waals surface area contributed by atoms with Gasteiger partial charge in [-0.05, 0) is 29.3 Å². The van der Waals surface area contributed by atoms with Gasteiger partial charge in [-0.2, -0.15) is 0 Å². The Morgan fingerprint density at radius 3 is 2.04 bits per heavy atom. The number of nitrogens with two attached hydrogens (primary N) is 1. The highest BCUT2D eigenvalue weighted by Gasteiger charge is 2.17. The fourth-order valence-electron chi connectivity index (χ4n) is 3.02. The smallest absolute Gasteiger partial charge is 0.267 e. The van der Waals surface area contributed by atoms with Gasteiger partial charge in [0.25, 0.3) is 5.91 Å². The third-order valence-electron chi connectivity index (χ3n) is 4.51. The third-order valence-corrected chi connectivity index (χ3v) is 4.51. The lowest BCUT2D eigenvalue weighted by molar-refractivity contribution is 0.0995. The van der Waals surface area contributed by atoms with E-state index in [1.54, 1.807) is 19.4 Å². The number of ether oxygens (including phenoxy) is 1. The quantitative estimate of drug-likeness (QED) is 0.863. The molecule has 1 saturated heterocycles. The Bertz CT molecular complexity index is 692. The zero-order chi connectivity index (χ0) is 17.6. The fourth-order valence-corrected chi connectivity index (χ4v) is 3.02. The van der Waals surface area contributed by atoms with Crippen LogP contribution in [0.2, 0.25) is 0 Å². The number of methoxy groups -OCH3 is 1. The van der Waals surface area contributed by atoms with Gasteiger partial charge < -0.3 is 10.5 Å². The van der Waals surface area contributed by atoms with Crippen molar-refractivity contribution in [3.05, 3.63) is 59.4 Å². The molecule has 2 aromatic rings. The predicted octanol–water partition coefficient (Wildman–Crippen LogP) is 1.51. The lowest BCUT2D eigenvalue weighted by atomic mass is 10.1. The number of pyridine rings is 1. The molecule has 0 aliphatic carbocycles. The lowest BCUT2D eigenvalue weighted by Gasteiger charge is -2.34. The summed E-state index contributed by atoms with van der Waals surface area (Å²) in [6, 6.07) is 11.9. The van der Waals surface area contributed by atoms with Gasteiger partial charge in [0.2, 0.25) is 0 Å². The van der Waals surface area contributed by atoms with Gasteiger partial charge in [0, 0.05) is 45.5 Å². The number of hydrogen-bond donors (Lipinski definition) is 1. The monoisotopic (exact) mass is 340 g/mol. The molecule has 3 rings (SSSR count). The number of carbonyl (C=O) groups excluding carboxylic acids is 1. The second kappa shape index (κ2) is 8.09. The third kappa shape index (κ3) is 4.78. The van der Waals surface area contributed by atoms with Crippen molar-refractivity contribution in [3.8, 4) is 5.75 Å². The van der Waals surface area contributed by atoms with E-state index in [0.29, 0.717) is 5.69 Å². The molecule has 1 aliphatic heterocycles. The Hall–Kier alpha value is -2.44. The molecule has 0 radical (unpaired) electrons. The molecule has 2 N–H and O–H groups in total. The van der Waals surface area contributed by atoms with Gasteiger partial charge in [-0.1, -0.05) is 18.2 Å². The summed E-state index contributed by atoms with van der Waals surface area (Å²) in [5, 5.41) is 0. The van der Waals surface area contributed by atoms with Gasteiger partial charge in [-0.25, -0.2) is 0 Å². The Labute approximate surface area is 148 Å². The zero-order valence-electron chi connectivity index (χ0n) is 14.5. The minimum Gasteiger partial charge on any atom is -0.497 e. The predicted molar refractivity (Wildman–Crippen MR) is 96.3 cm³/mol. The van der Waals surface area contributed by atoms with E-state index in [0.717, 1.165) is 50.6 Å². The summed E-state index contributed by atoms with van der Waals surface area (Å²) in [4.78, 5) is 20.0. The van der Waals surface area contributed by atoms with Crippen molar-refractivity contribution in [1.82, 2.24) is 14.8 Å². The number of rotatable bonds is 6. The van der Waals surface area contributed by atoms with Crippen molar-refractivity contribution in [1.29, 1.82) is 0 Å². The summed E-state index contributed by atoms with van der Waals surface area (Å²) < 4.78 is 5.20. The van der Waals surface area contributed by atoms with Crippen LogP contribution in [0.25, 0.3) is 0 Å². The average molecular weight is 340 g/mol. The SMILES string of the molecule is COc1ccc(CN2CCN(Cc3ccc(C(N)=O)nc3)CC2)cc1. The molecule has 1 aromatic heterocycles. The van der Waals surface area contributed by atoms with E-state index in [1.165, 1.54) is 5.56 Å². The molecular weight excluding hydrogens is 316 g/mol. The van der Waals surface area contributed by atoms with Gasteiger partial charge in [0.1, 0.15) is 11.4 Å². The fraction of sp³-hybridized carbons (Fsp3) is 0.368. The Kier molecular flexibility index (Phi) is 5.63. The minimum atomic E-state index is -0.487. The summed E-state index contributed by atoms with van der Waals surface area (Å²) in [7, 11) is 1.69. The van der Waals surface area contributed by atoms with E-state index >= 15 is 0 Å². The molecule has 0 saturated carbocycles. The maximum Gasteiger partial charge on any atom is 0.267 e. The van der Waals surface area contributed by atoms with Crippen LogP contribution in [0.5, 0.6) is 5.75 Å². The van der Waals surface area contributed by atoms with E-state index in [1.807, 2.05) is 18.2 Å². The first-order chi connectivity index (χ1) is 12.1. The molecule has 1 amide bonds. The van der Waals surface area contributed by atoms with Crippen molar-refractivity contribution in [3.63, 3.8) is 0 Å². The second-order valence-corrected chi connectivity index (χ2v) is 6.32. The first-order valence-electron chi connectivity index (χ1n) is 8.46. The Morgan fingerprint density at radius 1 is 1.00 bits per heavy atom. The maximum absolute atomic E-state index is 11.1. The largest absolute Gasteiger partial charge is 0.497 e. The Balaban J connectivity index is 1.47. The van der Waals surface area contributed by atoms with Crippen molar-refractivity contribution >= 4 is 5.91 Å². The molecule has 1 aliphatic rings.